The van der Waals surface area contributed by atoms with Crippen molar-refractivity contribution in [2.45, 2.75) is 33.4 Å². The van der Waals surface area contributed by atoms with Gasteiger partial charge in [-0.25, -0.2) is 0 Å². The third kappa shape index (κ3) is 6.36. The van der Waals surface area contributed by atoms with Gasteiger partial charge in [-0.05, 0) is 31.7 Å². The molecule has 5 nitrogen and oxygen atoms in total. The van der Waals surface area contributed by atoms with Gasteiger partial charge in [-0.2, -0.15) is 12.6 Å². The van der Waals surface area contributed by atoms with E-state index in [2.05, 4.69) is 86.2 Å². The summed E-state index contributed by atoms with van der Waals surface area (Å²) in [6.45, 7) is 9.08. The van der Waals surface area contributed by atoms with Gasteiger partial charge in [0.05, 0.1) is 33.4 Å². The number of quaternary nitrogens is 1. The molecule has 138 valence electrons. The zero-order valence-electron chi connectivity index (χ0n) is 16.0. The molecule has 0 N–H and O–H groups in total. The van der Waals surface area contributed by atoms with Crippen molar-refractivity contribution >= 4 is 18.3 Å². The third-order valence-corrected chi connectivity index (χ3v) is 4.79. The Hall–Kier alpha value is -1.53. The number of likely N-dealkylation sites (N-methyl/N-ethyl adjacent to an activating group) is 1. The van der Waals surface area contributed by atoms with Gasteiger partial charge in [0.2, 0.25) is 0 Å². The molecule has 0 unspecified atom stereocenters. The number of aryl methyl sites for hydroxylation is 1. The number of rotatable bonds is 10. The average molecular weight is 363 g/mol. The molecule has 1 heterocycles. The highest BCUT2D eigenvalue weighted by Gasteiger charge is 2.17. The molecule has 25 heavy (non-hydrogen) atoms. The van der Waals surface area contributed by atoms with Crippen LogP contribution < -0.4 is 4.90 Å². The van der Waals surface area contributed by atoms with Gasteiger partial charge in [-0.1, -0.05) is 22.9 Å². The van der Waals surface area contributed by atoms with Crippen molar-refractivity contribution in [1.29, 1.82) is 0 Å². The summed E-state index contributed by atoms with van der Waals surface area (Å²) in [4.78, 5) is 2.37. The number of hydrogen-bond donors (Lipinski definition) is 1. The normalized spacial score (nSPS) is 11.7. The summed E-state index contributed by atoms with van der Waals surface area (Å²) < 4.78 is 2.88. The Balaban J connectivity index is 1.90. The topological polar surface area (TPSA) is 34.0 Å². The second-order valence-corrected chi connectivity index (χ2v) is 7.73. The Morgan fingerprint density at radius 3 is 2.56 bits per heavy atom. The Bertz CT molecular complexity index is 636. The molecule has 2 rings (SSSR count). The smallest absolute Gasteiger partial charge is 0.137 e. The minimum absolute atomic E-state index is 0.846. The van der Waals surface area contributed by atoms with Crippen molar-refractivity contribution < 1.29 is 4.48 Å². The zero-order valence-corrected chi connectivity index (χ0v) is 16.9. The second kappa shape index (κ2) is 9.25. The largest absolute Gasteiger partial charge is 0.370 e. The fourth-order valence-electron chi connectivity index (χ4n) is 2.99. The molecule has 0 saturated heterocycles. The number of aromatic nitrogens is 3. The molecular formula is C19H32N5S+. The zero-order chi connectivity index (χ0) is 18.3. The lowest BCUT2D eigenvalue weighted by molar-refractivity contribution is -0.903. The summed E-state index contributed by atoms with van der Waals surface area (Å²) in [7, 11) is 4.47. The number of hydrogen-bond acceptors (Lipinski definition) is 4. The van der Waals surface area contributed by atoms with Crippen LogP contribution in [-0.2, 0) is 13.1 Å². The van der Waals surface area contributed by atoms with Crippen molar-refractivity contribution in [3.05, 3.63) is 41.7 Å². The first-order valence-electron chi connectivity index (χ1n) is 9.07. The van der Waals surface area contributed by atoms with E-state index in [-0.39, 0.29) is 0 Å². The molecule has 2 aromatic rings. The van der Waals surface area contributed by atoms with Crippen LogP contribution in [0, 0.1) is 6.92 Å². The number of nitrogens with zero attached hydrogens (tertiary/aromatic N) is 5. The van der Waals surface area contributed by atoms with Crippen LogP contribution in [0.2, 0.25) is 0 Å². The van der Waals surface area contributed by atoms with Gasteiger partial charge in [0.25, 0.3) is 0 Å². The molecule has 0 saturated carbocycles. The molecule has 0 spiro atoms. The maximum Gasteiger partial charge on any atom is 0.137 e. The van der Waals surface area contributed by atoms with Crippen molar-refractivity contribution in [3.8, 4) is 0 Å². The predicted molar refractivity (Wildman–Crippen MR) is 108 cm³/mol. The van der Waals surface area contributed by atoms with Crippen LogP contribution in [0.3, 0.4) is 0 Å². The lowest BCUT2D eigenvalue weighted by Gasteiger charge is -2.28. The van der Waals surface area contributed by atoms with E-state index in [0.717, 1.165) is 55.1 Å². The molecule has 0 atom stereocenters. The summed E-state index contributed by atoms with van der Waals surface area (Å²) in [5.41, 5.74) is 3.61. The lowest BCUT2D eigenvalue weighted by atomic mass is 10.2. The van der Waals surface area contributed by atoms with E-state index in [9.17, 15) is 0 Å². The predicted octanol–water partition coefficient (Wildman–Crippen LogP) is 3.01. The van der Waals surface area contributed by atoms with Gasteiger partial charge in [-0.3, -0.25) is 4.68 Å². The molecule has 0 aliphatic heterocycles. The van der Waals surface area contributed by atoms with Crippen LogP contribution in [0.4, 0.5) is 5.69 Å². The first-order chi connectivity index (χ1) is 11.9. The highest BCUT2D eigenvalue weighted by molar-refractivity contribution is 7.80. The quantitative estimate of drug-likeness (QED) is 0.521. The van der Waals surface area contributed by atoms with Crippen molar-refractivity contribution in [3.63, 3.8) is 0 Å². The van der Waals surface area contributed by atoms with Gasteiger partial charge >= 0.3 is 0 Å². The minimum atomic E-state index is 0.846. The van der Waals surface area contributed by atoms with Crippen LogP contribution >= 0.6 is 12.6 Å². The SMILES string of the molecule is CCN(CCn1cc(C[N+](C)(C)CCCS)nn1)c1ccc(C)cc1. The Labute approximate surface area is 157 Å². The monoisotopic (exact) mass is 362 g/mol. The summed E-state index contributed by atoms with van der Waals surface area (Å²) in [6.07, 6.45) is 3.20. The highest BCUT2D eigenvalue weighted by atomic mass is 32.1. The van der Waals surface area contributed by atoms with Crippen LogP contribution in [0.15, 0.2) is 30.5 Å². The molecule has 0 aliphatic carbocycles. The van der Waals surface area contributed by atoms with E-state index in [1.54, 1.807) is 0 Å². The minimum Gasteiger partial charge on any atom is -0.370 e. The molecule has 0 fully saturated rings. The second-order valence-electron chi connectivity index (χ2n) is 7.28. The lowest BCUT2D eigenvalue weighted by Crippen LogP contribution is -2.39. The van der Waals surface area contributed by atoms with Crippen molar-refractivity contribution in [2.75, 3.05) is 44.4 Å². The van der Waals surface area contributed by atoms with Gasteiger partial charge in [0.1, 0.15) is 12.2 Å². The molecular weight excluding hydrogens is 330 g/mol. The molecule has 0 radical (unpaired) electrons. The summed E-state index contributed by atoms with van der Waals surface area (Å²) in [6, 6.07) is 8.70. The van der Waals surface area contributed by atoms with Crippen LogP contribution in [0.5, 0.6) is 0 Å². The van der Waals surface area contributed by atoms with Gasteiger partial charge in [0, 0.05) is 25.2 Å². The molecule has 0 amide bonds. The van der Waals surface area contributed by atoms with Crippen molar-refractivity contribution in [2.24, 2.45) is 0 Å². The molecule has 1 aromatic carbocycles. The van der Waals surface area contributed by atoms with E-state index in [4.69, 9.17) is 0 Å². The highest BCUT2D eigenvalue weighted by Crippen LogP contribution is 2.15. The first-order valence-corrected chi connectivity index (χ1v) is 9.70. The number of anilines is 1. The van der Waals surface area contributed by atoms with Gasteiger partial charge < -0.3 is 9.38 Å². The van der Waals surface area contributed by atoms with E-state index in [1.165, 1.54) is 11.3 Å². The van der Waals surface area contributed by atoms with Crippen LogP contribution in [0.1, 0.15) is 24.6 Å². The fourth-order valence-corrected chi connectivity index (χ4v) is 3.13. The van der Waals surface area contributed by atoms with Crippen LogP contribution in [-0.4, -0.2) is 59.0 Å². The Kier molecular flexibility index (Phi) is 7.32. The van der Waals surface area contributed by atoms with E-state index >= 15 is 0 Å². The molecule has 0 bridgehead atoms. The fraction of sp³-hybridized carbons (Fsp3) is 0.579. The summed E-state index contributed by atoms with van der Waals surface area (Å²) in [5, 5.41) is 8.67. The summed E-state index contributed by atoms with van der Waals surface area (Å²) in [5.74, 6) is 0.931. The molecule has 6 heteroatoms. The van der Waals surface area contributed by atoms with E-state index < -0.39 is 0 Å². The maximum atomic E-state index is 4.36. The molecule has 0 aliphatic rings. The maximum absolute atomic E-state index is 4.36. The standard InChI is InChI=1S/C19H31N5S/c1-5-22(19-9-7-17(2)8-10-19)11-12-23-15-18(20-21-23)16-24(3,4)13-6-14-25/h7-10,15H,5-6,11-14,16H2,1-4H3/p+1. The Morgan fingerprint density at radius 1 is 1.20 bits per heavy atom. The summed E-state index contributed by atoms with van der Waals surface area (Å²) >= 11 is 4.31. The van der Waals surface area contributed by atoms with Gasteiger partial charge in [0.15, 0.2) is 0 Å². The third-order valence-electron chi connectivity index (χ3n) is 4.48. The Morgan fingerprint density at radius 2 is 1.92 bits per heavy atom. The average Bonchev–Trinajstić information content (AvgIpc) is 3.01. The number of benzene rings is 1. The van der Waals surface area contributed by atoms with Crippen molar-refractivity contribution in [1.82, 2.24) is 15.0 Å². The van der Waals surface area contributed by atoms with Crippen LogP contribution in [0.25, 0.3) is 0 Å². The molecule has 1 aromatic heterocycles. The van der Waals surface area contributed by atoms with Gasteiger partial charge in [-0.15, -0.1) is 5.10 Å². The van der Waals surface area contributed by atoms with E-state index in [0.29, 0.717) is 0 Å². The van der Waals surface area contributed by atoms with E-state index in [1.807, 2.05) is 4.68 Å². The first kappa shape index (κ1) is 19.8. The number of thiol groups is 1.